The Hall–Kier alpha value is -1.30. The summed E-state index contributed by atoms with van der Waals surface area (Å²) in [6, 6.07) is 0.151. The van der Waals surface area contributed by atoms with E-state index in [-0.39, 0.29) is 11.9 Å². The van der Waals surface area contributed by atoms with E-state index in [1.807, 2.05) is 18.7 Å². The highest BCUT2D eigenvalue weighted by atomic mass is 32.1. The van der Waals surface area contributed by atoms with Gasteiger partial charge in [0.15, 0.2) is 5.13 Å². The van der Waals surface area contributed by atoms with Gasteiger partial charge in [-0.2, -0.15) is 0 Å². The van der Waals surface area contributed by atoms with Crippen LogP contribution in [0.2, 0.25) is 0 Å². The second-order valence-electron chi connectivity index (χ2n) is 5.83. The molecule has 0 saturated heterocycles. The predicted octanol–water partition coefficient (Wildman–Crippen LogP) is 3.08. The van der Waals surface area contributed by atoms with Crippen LogP contribution in [0.4, 0.5) is 10.9 Å². The van der Waals surface area contributed by atoms with Gasteiger partial charge < -0.3 is 15.5 Å². The lowest BCUT2D eigenvalue weighted by molar-refractivity contribution is 0.0688. The third kappa shape index (κ3) is 4.33. The Kier molecular flexibility index (Phi) is 6.45. The molecule has 6 heteroatoms. The van der Waals surface area contributed by atoms with Crippen LogP contribution in [0, 0.1) is 5.92 Å². The van der Waals surface area contributed by atoms with Crippen molar-refractivity contribution < 1.29 is 4.79 Å². The van der Waals surface area contributed by atoms with Crippen molar-refractivity contribution in [2.75, 3.05) is 30.3 Å². The van der Waals surface area contributed by atoms with E-state index in [0.717, 1.165) is 24.8 Å². The molecule has 0 aliphatic rings. The van der Waals surface area contributed by atoms with Crippen molar-refractivity contribution in [2.24, 2.45) is 5.92 Å². The van der Waals surface area contributed by atoms with Crippen molar-refractivity contribution in [1.29, 1.82) is 0 Å². The Labute approximate surface area is 132 Å². The zero-order valence-corrected chi connectivity index (χ0v) is 14.8. The Morgan fingerprint density at radius 3 is 2.24 bits per heavy atom. The van der Waals surface area contributed by atoms with E-state index in [0.29, 0.717) is 16.6 Å². The highest BCUT2D eigenvalue weighted by Crippen LogP contribution is 2.29. The summed E-state index contributed by atoms with van der Waals surface area (Å²) in [5, 5.41) is 0.828. The molecule has 1 rings (SSSR count). The number of aromatic nitrogens is 1. The Bertz CT molecular complexity index is 466. The molecule has 0 saturated carbocycles. The molecule has 0 aliphatic carbocycles. The van der Waals surface area contributed by atoms with E-state index in [1.165, 1.54) is 11.3 Å². The van der Waals surface area contributed by atoms with Crippen molar-refractivity contribution >= 4 is 28.2 Å². The first-order valence-electron chi connectivity index (χ1n) is 7.63. The van der Waals surface area contributed by atoms with Crippen LogP contribution in [0.1, 0.15) is 51.2 Å². The first-order valence-corrected chi connectivity index (χ1v) is 8.45. The molecular weight excluding hydrogens is 284 g/mol. The number of carbonyl (C=O) groups excluding carboxylic acids is 1. The van der Waals surface area contributed by atoms with Gasteiger partial charge in [-0.05, 0) is 33.6 Å². The summed E-state index contributed by atoms with van der Waals surface area (Å²) in [7, 11) is 0. The quantitative estimate of drug-likeness (QED) is 0.840. The molecule has 0 aromatic carbocycles. The van der Waals surface area contributed by atoms with Gasteiger partial charge in [0.1, 0.15) is 10.7 Å². The van der Waals surface area contributed by atoms with Gasteiger partial charge in [0.25, 0.3) is 5.91 Å². The maximum absolute atomic E-state index is 12.8. The Morgan fingerprint density at radius 2 is 1.81 bits per heavy atom. The van der Waals surface area contributed by atoms with Crippen LogP contribution in [0.3, 0.4) is 0 Å². The van der Waals surface area contributed by atoms with Crippen molar-refractivity contribution in [2.45, 2.75) is 47.6 Å². The lowest BCUT2D eigenvalue weighted by atomic mass is 10.1. The lowest BCUT2D eigenvalue weighted by Crippen LogP contribution is -2.39. The number of hydrogen-bond donors (Lipinski definition) is 1. The minimum atomic E-state index is -0.00731. The van der Waals surface area contributed by atoms with Crippen LogP contribution in [-0.4, -0.2) is 41.5 Å². The number of hydrogen-bond acceptors (Lipinski definition) is 5. The maximum Gasteiger partial charge on any atom is 0.268 e. The van der Waals surface area contributed by atoms with Crippen molar-refractivity contribution in [3.8, 4) is 0 Å². The van der Waals surface area contributed by atoms with Crippen LogP contribution in [-0.2, 0) is 0 Å². The molecule has 120 valence electrons. The van der Waals surface area contributed by atoms with Crippen molar-refractivity contribution in [1.82, 2.24) is 9.88 Å². The zero-order chi connectivity index (χ0) is 16.2. The van der Waals surface area contributed by atoms with Gasteiger partial charge in [-0.3, -0.25) is 4.79 Å². The van der Waals surface area contributed by atoms with Crippen LogP contribution >= 0.6 is 11.3 Å². The Morgan fingerprint density at radius 1 is 1.24 bits per heavy atom. The second-order valence-corrected chi connectivity index (χ2v) is 6.81. The maximum atomic E-state index is 12.8. The third-order valence-electron chi connectivity index (χ3n) is 3.32. The second kappa shape index (κ2) is 7.64. The van der Waals surface area contributed by atoms with E-state index >= 15 is 0 Å². The standard InChI is InChI=1S/C15H28N4OS/c1-7-18(8-2)15-17-13(16)12(21-15)14(20)19(11(5)6)9-10(3)4/h10-11H,7-9,16H2,1-6H3. The first kappa shape index (κ1) is 17.8. The summed E-state index contributed by atoms with van der Waals surface area (Å²) < 4.78 is 0. The van der Waals surface area contributed by atoms with E-state index in [2.05, 4.69) is 37.6 Å². The van der Waals surface area contributed by atoms with Gasteiger partial charge in [-0.1, -0.05) is 25.2 Å². The largest absolute Gasteiger partial charge is 0.382 e. The van der Waals surface area contributed by atoms with Gasteiger partial charge >= 0.3 is 0 Å². The smallest absolute Gasteiger partial charge is 0.268 e. The summed E-state index contributed by atoms with van der Waals surface area (Å²) in [4.78, 5) is 21.7. The molecular formula is C15H28N4OS. The number of anilines is 2. The number of rotatable bonds is 7. The van der Waals surface area contributed by atoms with Crippen molar-refractivity contribution in [3.63, 3.8) is 0 Å². The number of nitrogens with zero attached hydrogens (tertiary/aromatic N) is 3. The van der Waals surface area contributed by atoms with Gasteiger partial charge in [0.2, 0.25) is 0 Å². The fourth-order valence-electron chi connectivity index (χ4n) is 2.15. The molecule has 21 heavy (non-hydrogen) atoms. The number of amides is 1. The molecule has 2 N–H and O–H groups in total. The fourth-order valence-corrected chi connectivity index (χ4v) is 3.22. The third-order valence-corrected chi connectivity index (χ3v) is 4.44. The highest BCUT2D eigenvalue weighted by molar-refractivity contribution is 7.18. The van der Waals surface area contributed by atoms with E-state index in [4.69, 9.17) is 5.73 Å². The molecule has 0 unspecified atom stereocenters. The van der Waals surface area contributed by atoms with Gasteiger partial charge in [0.05, 0.1) is 0 Å². The average molecular weight is 312 g/mol. The summed E-state index contributed by atoms with van der Waals surface area (Å²) in [5.74, 6) is 0.765. The number of nitrogen functional groups attached to an aromatic ring is 1. The Balaban J connectivity index is 3.05. The fraction of sp³-hybridized carbons (Fsp3) is 0.733. The molecule has 1 aromatic rings. The van der Waals surface area contributed by atoms with E-state index < -0.39 is 0 Å². The molecule has 5 nitrogen and oxygen atoms in total. The molecule has 1 amide bonds. The number of thiazole rings is 1. The monoisotopic (exact) mass is 312 g/mol. The van der Waals surface area contributed by atoms with E-state index in [9.17, 15) is 4.79 Å². The van der Waals surface area contributed by atoms with Gasteiger partial charge in [-0.15, -0.1) is 0 Å². The number of carbonyl (C=O) groups is 1. The summed E-state index contributed by atoms with van der Waals surface area (Å²) in [6.45, 7) is 14.9. The summed E-state index contributed by atoms with van der Waals surface area (Å²) >= 11 is 1.40. The molecule has 0 atom stereocenters. The summed E-state index contributed by atoms with van der Waals surface area (Å²) in [6.07, 6.45) is 0. The van der Waals surface area contributed by atoms with Gasteiger partial charge in [-0.25, -0.2) is 4.98 Å². The molecule has 1 aromatic heterocycles. The molecule has 0 radical (unpaired) electrons. The molecule has 0 fully saturated rings. The zero-order valence-electron chi connectivity index (χ0n) is 14.0. The van der Waals surface area contributed by atoms with Crippen molar-refractivity contribution in [3.05, 3.63) is 4.88 Å². The van der Waals surface area contributed by atoms with Crippen LogP contribution < -0.4 is 10.6 Å². The van der Waals surface area contributed by atoms with E-state index in [1.54, 1.807) is 0 Å². The average Bonchev–Trinajstić information content (AvgIpc) is 2.78. The predicted molar refractivity (Wildman–Crippen MR) is 91.1 cm³/mol. The molecule has 0 spiro atoms. The normalized spacial score (nSPS) is 11.2. The van der Waals surface area contributed by atoms with Crippen LogP contribution in [0.15, 0.2) is 0 Å². The molecule has 0 aliphatic heterocycles. The van der Waals surface area contributed by atoms with Crippen LogP contribution in [0.25, 0.3) is 0 Å². The molecule has 1 heterocycles. The lowest BCUT2D eigenvalue weighted by Gasteiger charge is -2.28. The highest BCUT2D eigenvalue weighted by Gasteiger charge is 2.25. The number of nitrogens with two attached hydrogens (primary N) is 1. The minimum Gasteiger partial charge on any atom is -0.382 e. The SMILES string of the molecule is CCN(CC)c1nc(N)c(C(=O)N(CC(C)C)C(C)C)s1. The van der Waals surface area contributed by atoms with Crippen LogP contribution in [0.5, 0.6) is 0 Å². The topological polar surface area (TPSA) is 62.5 Å². The molecule has 0 bridgehead atoms. The minimum absolute atomic E-state index is 0.00731. The first-order chi connectivity index (χ1) is 9.81. The van der Waals surface area contributed by atoms with Gasteiger partial charge in [0, 0.05) is 25.7 Å². The summed E-state index contributed by atoms with van der Waals surface area (Å²) in [5.41, 5.74) is 5.98.